The molecule has 2 aromatic heterocycles. The number of piperidine rings is 1. The van der Waals surface area contributed by atoms with Crippen molar-refractivity contribution in [3.8, 4) is 5.88 Å². The molecule has 1 fully saturated rings. The molecule has 0 radical (unpaired) electrons. The lowest BCUT2D eigenvalue weighted by molar-refractivity contribution is 0.260. The van der Waals surface area contributed by atoms with Crippen LogP contribution < -0.4 is 9.64 Å². The molecule has 0 atom stereocenters. The van der Waals surface area contributed by atoms with Gasteiger partial charge in [-0.3, -0.25) is 4.98 Å². The third kappa shape index (κ3) is 4.46. The van der Waals surface area contributed by atoms with Gasteiger partial charge in [-0.15, -0.1) is 0 Å². The van der Waals surface area contributed by atoms with Gasteiger partial charge in [-0.2, -0.15) is 9.97 Å². The molecule has 0 aromatic carbocycles. The summed E-state index contributed by atoms with van der Waals surface area (Å²) in [6.45, 7) is 10.8. The van der Waals surface area contributed by atoms with Crippen LogP contribution in [0.1, 0.15) is 64.1 Å². The van der Waals surface area contributed by atoms with Gasteiger partial charge in [-0.05, 0) is 18.8 Å². The largest absolute Gasteiger partial charge is 0.476 e. The summed E-state index contributed by atoms with van der Waals surface area (Å²) in [5.41, 5.74) is 0. The van der Waals surface area contributed by atoms with Gasteiger partial charge in [0.15, 0.2) is 11.6 Å². The number of anilines is 1. The van der Waals surface area contributed by atoms with Crippen LogP contribution in [-0.4, -0.2) is 39.8 Å². The summed E-state index contributed by atoms with van der Waals surface area (Å²) in [4.78, 5) is 15.6. The molecule has 136 valence electrons. The van der Waals surface area contributed by atoms with Crippen molar-refractivity contribution in [1.82, 2.24) is 20.1 Å². The number of hydrogen-bond acceptors (Lipinski definition) is 7. The number of ether oxygens (including phenoxy) is 1. The molecule has 0 amide bonds. The second-order valence-corrected chi connectivity index (χ2v) is 7.33. The zero-order chi connectivity index (χ0) is 17.8. The van der Waals surface area contributed by atoms with Gasteiger partial charge in [0.2, 0.25) is 11.8 Å². The summed E-state index contributed by atoms with van der Waals surface area (Å²) < 4.78 is 11.0. The smallest absolute Gasteiger partial charge is 0.234 e. The van der Waals surface area contributed by atoms with Gasteiger partial charge < -0.3 is 14.2 Å². The molecule has 3 heterocycles. The van der Waals surface area contributed by atoms with E-state index in [4.69, 9.17) is 9.26 Å². The summed E-state index contributed by atoms with van der Waals surface area (Å²) in [7, 11) is 0. The topological polar surface area (TPSA) is 77.2 Å². The number of aromatic nitrogens is 4. The van der Waals surface area contributed by atoms with Crippen molar-refractivity contribution in [3.05, 3.63) is 24.1 Å². The number of hydrogen-bond donors (Lipinski definition) is 0. The second-order valence-electron chi connectivity index (χ2n) is 7.33. The highest BCUT2D eigenvalue weighted by Crippen LogP contribution is 2.29. The molecule has 3 rings (SSSR count). The van der Waals surface area contributed by atoms with Gasteiger partial charge >= 0.3 is 0 Å². The van der Waals surface area contributed by atoms with E-state index in [1.54, 1.807) is 12.4 Å². The Morgan fingerprint density at radius 1 is 1.16 bits per heavy atom. The van der Waals surface area contributed by atoms with Crippen LogP contribution in [0.5, 0.6) is 5.88 Å². The lowest BCUT2D eigenvalue weighted by Crippen LogP contribution is -2.34. The predicted molar refractivity (Wildman–Crippen MR) is 94.9 cm³/mol. The molecule has 0 bridgehead atoms. The highest BCUT2D eigenvalue weighted by molar-refractivity contribution is 5.38. The maximum absolute atomic E-state index is 5.68. The minimum absolute atomic E-state index is 0.269. The average Bonchev–Trinajstić information content (AvgIpc) is 3.11. The standard InChI is InChI=1S/C18H27N5O2/c1-12(2)11-24-16-10-19-9-15(20-16)23-7-5-14(6-8-23)17-21-18(13(3)4)25-22-17/h9-10,12-14H,5-8,11H2,1-4H3. The normalized spacial score (nSPS) is 16.0. The molecule has 1 saturated heterocycles. The zero-order valence-corrected chi connectivity index (χ0v) is 15.5. The Morgan fingerprint density at radius 2 is 1.92 bits per heavy atom. The number of nitrogens with zero attached hydrogens (tertiary/aromatic N) is 5. The molecule has 1 aliphatic heterocycles. The van der Waals surface area contributed by atoms with E-state index in [0.717, 1.165) is 43.5 Å². The molecular formula is C18H27N5O2. The fourth-order valence-corrected chi connectivity index (χ4v) is 2.83. The lowest BCUT2D eigenvalue weighted by atomic mass is 9.96. The van der Waals surface area contributed by atoms with Crippen LogP contribution in [0, 0.1) is 5.92 Å². The molecule has 0 spiro atoms. The third-order valence-corrected chi connectivity index (χ3v) is 4.30. The molecule has 0 aliphatic carbocycles. The minimum Gasteiger partial charge on any atom is -0.476 e. The molecule has 25 heavy (non-hydrogen) atoms. The first kappa shape index (κ1) is 17.6. The Hall–Kier alpha value is -2.18. The minimum atomic E-state index is 0.269. The maximum Gasteiger partial charge on any atom is 0.234 e. The van der Waals surface area contributed by atoms with Crippen molar-refractivity contribution in [2.45, 2.75) is 52.4 Å². The highest BCUT2D eigenvalue weighted by Gasteiger charge is 2.26. The Morgan fingerprint density at radius 3 is 2.56 bits per heavy atom. The summed E-state index contributed by atoms with van der Waals surface area (Å²) in [5.74, 6) is 4.10. The molecular weight excluding hydrogens is 318 g/mol. The fraction of sp³-hybridized carbons (Fsp3) is 0.667. The Balaban J connectivity index is 1.59. The van der Waals surface area contributed by atoms with Crippen LogP contribution in [0.4, 0.5) is 5.82 Å². The molecule has 0 unspecified atom stereocenters. The van der Waals surface area contributed by atoms with Crippen molar-refractivity contribution in [3.63, 3.8) is 0 Å². The van der Waals surface area contributed by atoms with Crippen LogP contribution in [-0.2, 0) is 0 Å². The van der Waals surface area contributed by atoms with E-state index < -0.39 is 0 Å². The van der Waals surface area contributed by atoms with E-state index in [9.17, 15) is 0 Å². The molecule has 0 N–H and O–H groups in total. The molecule has 7 heteroatoms. The quantitative estimate of drug-likeness (QED) is 0.794. The second kappa shape index (κ2) is 7.80. The summed E-state index contributed by atoms with van der Waals surface area (Å²) in [5, 5.41) is 4.16. The van der Waals surface area contributed by atoms with E-state index in [1.165, 1.54) is 0 Å². The van der Waals surface area contributed by atoms with Crippen molar-refractivity contribution < 1.29 is 9.26 Å². The van der Waals surface area contributed by atoms with Gasteiger partial charge in [-0.1, -0.05) is 32.9 Å². The maximum atomic E-state index is 5.68. The van der Waals surface area contributed by atoms with Gasteiger partial charge in [-0.25, -0.2) is 0 Å². The fourth-order valence-electron chi connectivity index (χ4n) is 2.83. The summed E-state index contributed by atoms with van der Waals surface area (Å²) in [6, 6.07) is 0. The van der Waals surface area contributed by atoms with Crippen molar-refractivity contribution in [2.75, 3.05) is 24.6 Å². The average molecular weight is 345 g/mol. The molecule has 7 nitrogen and oxygen atoms in total. The third-order valence-electron chi connectivity index (χ3n) is 4.30. The van der Waals surface area contributed by atoms with E-state index in [1.807, 2.05) is 0 Å². The molecule has 0 saturated carbocycles. The molecule has 2 aromatic rings. The van der Waals surface area contributed by atoms with Gasteiger partial charge in [0, 0.05) is 24.9 Å². The van der Waals surface area contributed by atoms with E-state index >= 15 is 0 Å². The zero-order valence-electron chi connectivity index (χ0n) is 15.5. The van der Waals surface area contributed by atoms with Crippen LogP contribution in [0.3, 0.4) is 0 Å². The summed E-state index contributed by atoms with van der Waals surface area (Å²) in [6.07, 6.45) is 5.44. The first-order chi connectivity index (χ1) is 12.0. The lowest BCUT2D eigenvalue weighted by Gasteiger charge is -2.31. The van der Waals surface area contributed by atoms with Gasteiger partial charge in [0.25, 0.3) is 0 Å². The predicted octanol–water partition coefficient (Wildman–Crippen LogP) is 3.40. The van der Waals surface area contributed by atoms with Crippen LogP contribution in [0.25, 0.3) is 0 Å². The first-order valence-electron chi connectivity index (χ1n) is 9.06. The van der Waals surface area contributed by atoms with Gasteiger partial charge in [0.1, 0.15) is 0 Å². The monoisotopic (exact) mass is 345 g/mol. The van der Waals surface area contributed by atoms with Crippen LogP contribution >= 0.6 is 0 Å². The number of rotatable bonds is 6. The van der Waals surface area contributed by atoms with Crippen molar-refractivity contribution in [1.29, 1.82) is 0 Å². The van der Waals surface area contributed by atoms with E-state index in [-0.39, 0.29) is 5.92 Å². The SMILES string of the molecule is CC(C)COc1cncc(N2CCC(c3noc(C(C)C)n3)CC2)n1. The van der Waals surface area contributed by atoms with Crippen molar-refractivity contribution >= 4 is 5.82 Å². The van der Waals surface area contributed by atoms with E-state index in [2.05, 4.69) is 52.7 Å². The molecule has 1 aliphatic rings. The highest BCUT2D eigenvalue weighted by atomic mass is 16.5. The van der Waals surface area contributed by atoms with E-state index in [0.29, 0.717) is 24.3 Å². The van der Waals surface area contributed by atoms with Gasteiger partial charge in [0.05, 0.1) is 19.0 Å². The van der Waals surface area contributed by atoms with Crippen LogP contribution in [0.2, 0.25) is 0 Å². The van der Waals surface area contributed by atoms with Crippen molar-refractivity contribution in [2.24, 2.45) is 5.92 Å². The Kier molecular flexibility index (Phi) is 5.50. The Labute approximate surface area is 148 Å². The first-order valence-corrected chi connectivity index (χ1v) is 9.06. The summed E-state index contributed by atoms with van der Waals surface area (Å²) >= 11 is 0. The Bertz CT molecular complexity index is 678. The van der Waals surface area contributed by atoms with Crippen LogP contribution in [0.15, 0.2) is 16.9 Å².